The van der Waals surface area contributed by atoms with Gasteiger partial charge in [0.15, 0.2) is 0 Å². The summed E-state index contributed by atoms with van der Waals surface area (Å²) in [6.07, 6.45) is 5.12. The Balaban J connectivity index is 1.40. The van der Waals surface area contributed by atoms with Crippen molar-refractivity contribution in [2.45, 2.75) is 45.7 Å². The van der Waals surface area contributed by atoms with Gasteiger partial charge in [0.05, 0.1) is 29.0 Å². The quantitative estimate of drug-likeness (QED) is 0.467. The van der Waals surface area contributed by atoms with Gasteiger partial charge in [-0.2, -0.15) is 0 Å². The maximum absolute atomic E-state index is 13.0. The van der Waals surface area contributed by atoms with Crippen LogP contribution in [0.3, 0.4) is 0 Å². The minimum absolute atomic E-state index is 0.0496. The van der Waals surface area contributed by atoms with E-state index in [4.69, 9.17) is 16.0 Å². The summed E-state index contributed by atoms with van der Waals surface area (Å²) in [5.74, 6) is -0.537. The van der Waals surface area contributed by atoms with Crippen molar-refractivity contribution >= 4 is 29.3 Å². The SMILES string of the molecule is CC(C)N(Cc1nnc(-c2ccccc2Cl)o1)C(=O)CCN1C(=O)[C@H]2CC=CC[C@@H]2C1=O. The maximum atomic E-state index is 13.0. The van der Waals surface area contributed by atoms with Crippen LogP contribution in [-0.4, -0.2) is 50.3 Å². The zero-order chi connectivity index (χ0) is 22.8. The Bertz CT molecular complexity index is 1040. The van der Waals surface area contributed by atoms with Crippen molar-refractivity contribution in [2.75, 3.05) is 6.54 Å². The van der Waals surface area contributed by atoms with Crippen LogP contribution in [0, 0.1) is 11.8 Å². The highest BCUT2D eigenvalue weighted by atomic mass is 35.5. The smallest absolute Gasteiger partial charge is 0.249 e. The fourth-order valence-corrected chi connectivity index (χ4v) is 4.42. The van der Waals surface area contributed by atoms with Gasteiger partial charge in [-0.3, -0.25) is 19.3 Å². The van der Waals surface area contributed by atoms with E-state index in [-0.39, 0.29) is 66.9 Å². The molecular formula is C23H25ClN4O4. The molecule has 32 heavy (non-hydrogen) atoms. The van der Waals surface area contributed by atoms with E-state index in [0.717, 1.165) is 0 Å². The average molecular weight is 457 g/mol. The third kappa shape index (κ3) is 4.32. The average Bonchev–Trinajstić information content (AvgIpc) is 3.34. The maximum Gasteiger partial charge on any atom is 0.249 e. The molecule has 2 heterocycles. The number of rotatable bonds is 7. The number of hydrogen-bond donors (Lipinski definition) is 0. The Morgan fingerprint density at radius 1 is 1.16 bits per heavy atom. The molecule has 0 bridgehead atoms. The van der Waals surface area contributed by atoms with Gasteiger partial charge in [0.1, 0.15) is 0 Å². The van der Waals surface area contributed by atoms with Crippen molar-refractivity contribution in [3.63, 3.8) is 0 Å². The molecule has 8 nitrogen and oxygen atoms in total. The van der Waals surface area contributed by atoms with Crippen molar-refractivity contribution in [1.82, 2.24) is 20.0 Å². The van der Waals surface area contributed by atoms with Crippen LogP contribution < -0.4 is 0 Å². The minimum Gasteiger partial charge on any atom is -0.419 e. The second kappa shape index (κ2) is 9.24. The predicted molar refractivity (Wildman–Crippen MR) is 117 cm³/mol. The zero-order valence-corrected chi connectivity index (χ0v) is 18.8. The first-order valence-corrected chi connectivity index (χ1v) is 11.1. The van der Waals surface area contributed by atoms with Crippen LogP contribution in [0.5, 0.6) is 0 Å². The van der Waals surface area contributed by atoms with Crippen LogP contribution >= 0.6 is 11.6 Å². The molecule has 3 amide bonds. The summed E-state index contributed by atoms with van der Waals surface area (Å²) in [4.78, 5) is 41.1. The van der Waals surface area contributed by atoms with E-state index >= 15 is 0 Å². The van der Waals surface area contributed by atoms with E-state index in [0.29, 0.717) is 23.4 Å². The van der Waals surface area contributed by atoms with Crippen molar-refractivity contribution in [3.05, 3.63) is 47.3 Å². The Kier molecular flexibility index (Phi) is 6.41. The third-order valence-corrected chi connectivity index (χ3v) is 6.30. The van der Waals surface area contributed by atoms with Crippen LogP contribution in [0.2, 0.25) is 5.02 Å². The molecule has 2 aliphatic rings. The number of halogens is 1. The predicted octanol–water partition coefficient (Wildman–Crippen LogP) is 3.47. The first-order valence-electron chi connectivity index (χ1n) is 10.7. The van der Waals surface area contributed by atoms with E-state index in [1.165, 1.54) is 4.90 Å². The number of carbonyl (C=O) groups is 3. The number of fused-ring (bicyclic) bond motifs is 1. The Morgan fingerprint density at radius 2 is 1.81 bits per heavy atom. The van der Waals surface area contributed by atoms with Gasteiger partial charge in [-0.25, -0.2) is 0 Å². The normalized spacial score (nSPS) is 20.2. The monoisotopic (exact) mass is 456 g/mol. The molecule has 0 saturated carbocycles. The van der Waals surface area contributed by atoms with Gasteiger partial charge in [-0.05, 0) is 38.8 Å². The van der Waals surface area contributed by atoms with Crippen molar-refractivity contribution in [3.8, 4) is 11.5 Å². The van der Waals surface area contributed by atoms with E-state index in [9.17, 15) is 14.4 Å². The lowest BCUT2D eigenvalue weighted by molar-refractivity contribution is -0.141. The number of imide groups is 1. The summed E-state index contributed by atoms with van der Waals surface area (Å²) in [5.41, 5.74) is 0.623. The van der Waals surface area contributed by atoms with Crippen LogP contribution in [0.25, 0.3) is 11.5 Å². The first-order chi connectivity index (χ1) is 15.4. The molecule has 1 aliphatic heterocycles. The largest absolute Gasteiger partial charge is 0.419 e. The number of carbonyl (C=O) groups excluding carboxylic acids is 3. The highest BCUT2D eigenvalue weighted by Gasteiger charge is 2.47. The van der Waals surface area contributed by atoms with Gasteiger partial charge in [-0.1, -0.05) is 35.9 Å². The lowest BCUT2D eigenvalue weighted by Crippen LogP contribution is -2.40. The van der Waals surface area contributed by atoms with E-state index in [1.54, 1.807) is 17.0 Å². The number of allylic oxidation sites excluding steroid dienone is 2. The summed E-state index contributed by atoms with van der Waals surface area (Å²) in [6, 6.07) is 7.01. The summed E-state index contributed by atoms with van der Waals surface area (Å²) in [5, 5.41) is 8.60. The number of amides is 3. The van der Waals surface area contributed by atoms with Crippen LogP contribution in [-0.2, 0) is 20.9 Å². The van der Waals surface area contributed by atoms with Gasteiger partial charge in [0.25, 0.3) is 0 Å². The molecule has 168 valence electrons. The lowest BCUT2D eigenvalue weighted by atomic mass is 9.85. The number of aromatic nitrogens is 2. The Hall–Kier alpha value is -3.00. The standard InChI is InChI=1S/C23H25ClN4O4/c1-14(2)28(13-19-25-26-21(32-19)17-9-5-6-10-18(17)24)20(29)11-12-27-22(30)15-7-3-4-8-16(15)23(27)31/h3-6,9-10,14-16H,7-8,11-13H2,1-2H3/t15-,16-/m0/s1. The number of nitrogens with zero attached hydrogens (tertiary/aromatic N) is 4. The molecule has 4 rings (SSSR count). The van der Waals surface area contributed by atoms with Crippen molar-refractivity contribution in [2.24, 2.45) is 11.8 Å². The fraction of sp³-hybridized carbons (Fsp3) is 0.435. The molecule has 2 aromatic rings. The molecule has 1 aromatic heterocycles. The molecule has 0 radical (unpaired) electrons. The number of benzene rings is 1. The number of hydrogen-bond acceptors (Lipinski definition) is 6. The Morgan fingerprint density at radius 3 is 2.44 bits per heavy atom. The van der Waals surface area contributed by atoms with Gasteiger partial charge in [-0.15, -0.1) is 10.2 Å². The highest BCUT2D eigenvalue weighted by molar-refractivity contribution is 6.33. The molecule has 1 aromatic carbocycles. The van der Waals surface area contributed by atoms with E-state index in [1.807, 2.05) is 38.1 Å². The van der Waals surface area contributed by atoms with Crippen LogP contribution in [0.4, 0.5) is 0 Å². The van der Waals surface area contributed by atoms with Crippen molar-refractivity contribution < 1.29 is 18.8 Å². The highest BCUT2D eigenvalue weighted by Crippen LogP contribution is 2.35. The summed E-state index contributed by atoms with van der Waals surface area (Å²) < 4.78 is 5.73. The zero-order valence-electron chi connectivity index (χ0n) is 18.0. The molecular weight excluding hydrogens is 432 g/mol. The van der Waals surface area contributed by atoms with Crippen LogP contribution in [0.15, 0.2) is 40.8 Å². The fourth-order valence-electron chi connectivity index (χ4n) is 4.21. The van der Waals surface area contributed by atoms with E-state index < -0.39 is 0 Å². The molecule has 1 fully saturated rings. The molecule has 1 aliphatic carbocycles. The second-order valence-corrected chi connectivity index (χ2v) is 8.74. The summed E-state index contributed by atoms with van der Waals surface area (Å²) >= 11 is 6.19. The molecule has 1 saturated heterocycles. The first kappa shape index (κ1) is 22.2. The molecule has 0 spiro atoms. The van der Waals surface area contributed by atoms with Crippen molar-refractivity contribution in [1.29, 1.82) is 0 Å². The van der Waals surface area contributed by atoms with E-state index in [2.05, 4.69) is 10.2 Å². The van der Waals surface area contributed by atoms with Crippen LogP contribution in [0.1, 0.15) is 39.0 Å². The Labute approximate surface area is 191 Å². The molecule has 0 unspecified atom stereocenters. The molecule has 0 N–H and O–H groups in total. The lowest BCUT2D eigenvalue weighted by Gasteiger charge is -2.26. The molecule has 9 heteroatoms. The third-order valence-electron chi connectivity index (χ3n) is 5.97. The second-order valence-electron chi connectivity index (χ2n) is 8.33. The topological polar surface area (TPSA) is 96.6 Å². The number of likely N-dealkylation sites (tertiary alicyclic amines) is 1. The summed E-state index contributed by atoms with van der Waals surface area (Å²) in [7, 11) is 0. The van der Waals surface area contributed by atoms with Gasteiger partial charge < -0.3 is 9.32 Å². The molecule has 2 atom stereocenters. The van der Waals surface area contributed by atoms with Gasteiger partial charge in [0, 0.05) is 19.0 Å². The van der Waals surface area contributed by atoms with Gasteiger partial charge >= 0.3 is 0 Å². The minimum atomic E-state index is -0.287. The summed E-state index contributed by atoms with van der Waals surface area (Å²) in [6.45, 7) is 3.98. The van der Waals surface area contributed by atoms with Gasteiger partial charge in [0.2, 0.25) is 29.5 Å².